The van der Waals surface area contributed by atoms with Crippen molar-refractivity contribution in [2.75, 3.05) is 25.9 Å². The van der Waals surface area contributed by atoms with Crippen LogP contribution in [0.2, 0.25) is 0 Å². The number of nitrogens with two attached hydrogens (primary N) is 1. The van der Waals surface area contributed by atoms with E-state index in [9.17, 15) is 12.8 Å². The Kier molecular flexibility index (Phi) is 3.56. The molecule has 100 valence electrons. The number of sulfonamides is 1. The number of rotatable bonds is 3. The van der Waals surface area contributed by atoms with Gasteiger partial charge in [0.1, 0.15) is 5.82 Å². The summed E-state index contributed by atoms with van der Waals surface area (Å²) in [5.74, 6) is -0.656. The van der Waals surface area contributed by atoms with E-state index in [0.717, 1.165) is 12.1 Å². The van der Waals surface area contributed by atoms with Crippen molar-refractivity contribution in [2.24, 2.45) is 0 Å². The minimum atomic E-state index is -3.69. The minimum Gasteiger partial charge on any atom is -0.399 e. The largest absolute Gasteiger partial charge is 0.399 e. The van der Waals surface area contributed by atoms with Crippen LogP contribution in [0, 0.1) is 5.82 Å². The maximum atomic E-state index is 13.2. The van der Waals surface area contributed by atoms with Crippen LogP contribution in [-0.4, -0.2) is 39.0 Å². The molecule has 1 saturated heterocycles. The molecule has 1 atom stereocenters. The van der Waals surface area contributed by atoms with Gasteiger partial charge < -0.3 is 10.5 Å². The highest BCUT2D eigenvalue weighted by Gasteiger charge is 2.32. The van der Waals surface area contributed by atoms with Gasteiger partial charge in [0, 0.05) is 25.9 Å². The van der Waals surface area contributed by atoms with E-state index in [1.807, 2.05) is 0 Å². The fourth-order valence-electron chi connectivity index (χ4n) is 1.99. The van der Waals surface area contributed by atoms with Crippen LogP contribution in [0.4, 0.5) is 10.1 Å². The highest BCUT2D eigenvalue weighted by molar-refractivity contribution is 7.89. The number of benzene rings is 1. The summed E-state index contributed by atoms with van der Waals surface area (Å²) in [4.78, 5) is -0.114. The Morgan fingerprint density at radius 2 is 2.17 bits per heavy atom. The van der Waals surface area contributed by atoms with Gasteiger partial charge in [0.05, 0.1) is 11.0 Å². The van der Waals surface area contributed by atoms with E-state index in [1.54, 1.807) is 7.11 Å². The first-order valence-corrected chi connectivity index (χ1v) is 6.96. The van der Waals surface area contributed by atoms with Gasteiger partial charge in [0.2, 0.25) is 10.0 Å². The topological polar surface area (TPSA) is 72.6 Å². The van der Waals surface area contributed by atoms with Gasteiger partial charge in [0.25, 0.3) is 0 Å². The number of hydrogen-bond donors (Lipinski definition) is 1. The second-order valence-corrected chi connectivity index (χ2v) is 6.17. The first-order chi connectivity index (χ1) is 8.43. The summed E-state index contributed by atoms with van der Waals surface area (Å²) < 4.78 is 44.1. The third kappa shape index (κ3) is 2.47. The summed E-state index contributed by atoms with van der Waals surface area (Å²) in [6, 6.07) is 3.32. The summed E-state index contributed by atoms with van der Waals surface area (Å²) >= 11 is 0. The molecule has 0 aromatic heterocycles. The van der Waals surface area contributed by atoms with E-state index < -0.39 is 15.8 Å². The van der Waals surface area contributed by atoms with Crippen LogP contribution in [0.1, 0.15) is 6.42 Å². The lowest BCUT2D eigenvalue weighted by molar-refractivity contribution is 0.115. The van der Waals surface area contributed by atoms with Gasteiger partial charge in [-0.3, -0.25) is 0 Å². The molecular formula is C11H15FN2O3S. The summed E-state index contributed by atoms with van der Waals surface area (Å²) in [6.07, 6.45) is 0.534. The van der Waals surface area contributed by atoms with Crippen molar-refractivity contribution < 1.29 is 17.5 Å². The average molecular weight is 274 g/mol. The van der Waals surface area contributed by atoms with Gasteiger partial charge in [-0.15, -0.1) is 0 Å². The molecule has 2 N–H and O–H groups in total. The molecule has 0 spiro atoms. The lowest BCUT2D eigenvalue weighted by atomic mass is 10.3. The van der Waals surface area contributed by atoms with Crippen molar-refractivity contribution in [1.29, 1.82) is 0 Å². The molecule has 0 bridgehead atoms. The Bertz CT molecular complexity index is 527. The van der Waals surface area contributed by atoms with Gasteiger partial charge in [-0.25, -0.2) is 12.8 Å². The van der Waals surface area contributed by atoms with Crippen molar-refractivity contribution in [2.45, 2.75) is 17.4 Å². The molecular weight excluding hydrogens is 259 g/mol. The molecule has 1 heterocycles. The van der Waals surface area contributed by atoms with Gasteiger partial charge in [-0.1, -0.05) is 0 Å². The Hall–Kier alpha value is -1.18. The summed E-state index contributed by atoms with van der Waals surface area (Å²) in [6.45, 7) is 0.659. The Balaban J connectivity index is 2.31. The fraction of sp³-hybridized carbons (Fsp3) is 0.455. The molecule has 7 heteroatoms. The molecule has 1 aromatic carbocycles. The van der Waals surface area contributed by atoms with Crippen LogP contribution in [0.15, 0.2) is 23.1 Å². The van der Waals surface area contributed by atoms with Gasteiger partial charge >= 0.3 is 0 Å². The van der Waals surface area contributed by atoms with E-state index in [-0.39, 0.29) is 23.2 Å². The molecule has 0 saturated carbocycles. The van der Waals surface area contributed by atoms with Crippen LogP contribution in [0.25, 0.3) is 0 Å². The van der Waals surface area contributed by atoms with Gasteiger partial charge in [-0.2, -0.15) is 4.31 Å². The number of halogens is 1. The average Bonchev–Trinajstić information content (AvgIpc) is 2.76. The predicted octanol–water partition coefficient (Wildman–Crippen LogP) is 0.817. The van der Waals surface area contributed by atoms with Crippen LogP contribution < -0.4 is 5.73 Å². The zero-order valence-corrected chi connectivity index (χ0v) is 10.8. The smallest absolute Gasteiger partial charge is 0.243 e. The van der Waals surface area contributed by atoms with Crippen LogP contribution >= 0.6 is 0 Å². The Labute approximate surface area is 105 Å². The fourth-order valence-corrected chi connectivity index (χ4v) is 3.54. The molecule has 1 aliphatic heterocycles. The summed E-state index contributed by atoms with van der Waals surface area (Å²) in [7, 11) is -2.15. The van der Waals surface area contributed by atoms with Crippen molar-refractivity contribution in [3.63, 3.8) is 0 Å². The van der Waals surface area contributed by atoms with Crippen LogP contribution in [0.5, 0.6) is 0 Å². The predicted molar refractivity (Wildman–Crippen MR) is 65.0 cm³/mol. The number of ether oxygens (including phenoxy) is 1. The Morgan fingerprint density at radius 3 is 2.72 bits per heavy atom. The normalized spacial score (nSPS) is 21.3. The van der Waals surface area contributed by atoms with Crippen molar-refractivity contribution >= 4 is 15.7 Å². The number of nitrogen functional groups attached to an aromatic ring is 1. The molecule has 0 aliphatic carbocycles. The summed E-state index contributed by atoms with van der Waals surface area (Å²) in [5, 5.41) is 0. The second-order valence-electron chi connectivity index (χ2n) is 4.23. The van der Waals surface area contributed by atoms with Crippen molar-refractivity contribution in [3.8, 4) is 0 Å². The molecule has 18 heavy (non-hydrogen) atoms. The van der Waals surface area contributed by atoms with E-state index in [4.69, 9.17) is 10.5 Å². The van der Waals surface area contributed by atoms with E-state index in [2.05, 4.69) is 0 Å². The molecule has 1 unspecified atom stereocenters. The van der Waals surface area contributed by atoms with Gasteiger partial charge in [-0.05, 0) is 24.6 Å². The second kappa shape index (κ2) is 4.83. The van der Waals surface area contributed by atoms with E-state index in [1.165, 1.54) is 10.4 Å². The molecule has 0 radical (unpaired) electrons. The number of nitrogens with zero attached hydrogens (tertiary/aromatic N) is 1. The van der Waals surface area contributed by atoms with Crippen molar-refractivity contribution in [3.05, 3.63) is 24.0 Å². The zero-order chi connectivity index (χ0) is 13.3. The first-order valence-electron chi connectivity index (χ1n) is 5.52. The zero-order valence-electron chi connectivity index (χ0n) is 9.97. The number of methoxy groups -OCH3 is 1. The molecule has 5 nitrogen and oxygen atoms in total. The molecule has 0 amide bonds. The lowest BCUT2D eigenvalue weighted by Gasteiger charge is -2.16. The highest BCUT2D eigenvalue weighted by Crippen LogP contribution is 2.24. The monoisotopic (exact) mass is 274 g/mol. The van der Waals surface area contributed by atoms with Crippen LogP contribution in [-0.2, 0) is 14.8 Å². The van der Waals surface area contributed by atoms with E-state index >= 15 is 0 Å². The number of hydrogen-bond acceptors (Lipinski definition) is 4. The minimum absolute atomic E-state index is 0.0936. The lowest BCUT2D eigenvalue weighted by Crippen LogP contribution is -2.30. The standard InChI is InChI=1S/C11H15FN2O3S/c1-17-10-2-3-14(7-10)18(15,16)11-5-8(12)4-9(13)6-11/h4-6,10H,2-3,7,13H2,1H3. The van der Waals surface area contributed by atoms with E-state index in [0.29, 0.717) is 13.0 Å². The molecule has 1 aromatic rings. The first kappa shape index (κ1) is 13.3. The highest BCUT2D eigenvalue weighted by atomic mass is 32.2. The van der Waals surface area contributed by atoms with Crippen LogP contribution in [0.3, 0.4) is 0 Å². The summed E-state index contributed by atoms with van der Waals surface area (Å²) in [5.41, 5.74) is 5.55. The molecule has 1 fully saturated rings. The molecule has 1 aliphatic rings. The quantitative estimate of drug-likeness (QED) is 0.828. The SMILES string of the molecule is COC1CCN(S(=O)(=O)c2cc(N)cc(F)c2)C1. The molecule has 2 rings (SSSR count). The number of anilines is 1. The maximum Gasteiger partial charge on any atom is 0.243 e. The Morgan fingerprint density at radius 1 is 1.44 bits per heavy atom. The third-order valence-electron chi connectivity index (χ3n) is 2.97. The van der Waals surface area contributed by atoms with Crippen molar-refractivity contribution in [1.82, 2.24) is 4.31 Å². The van der Waals surface area contributed by atoms with Gasteiger partial charge in [0.15, 0.2) is 0 Å². The maximum absolute atomic E-state index is 13.2. The third-order valence-corrected chi connectivity index (χ3v) is 4.82.